The Labute approximate surface area is 140 Å². The molecule has 24 heavy (non-hydrogen) atoms. The topological polar surface area (TPSA) is 87.5 Å². The van der Waals surface area contributed by atoms with E-state index in [0.29, 0.717) is 42.5 Å². The van der Waals surface area contributed by atoms with Crippen LogP contribution in [0.2, 0.25) is 0 Å². The number of benzene rings is 1. The van der Waals surface area contributed by atoms with Crippen molar-refractivity contribution in [2.24, 2.45) is 0 Å². The minimum atomic E-state index is -0.409. The first-order valence-corrected chi connectivity index (χ1v) is 8.70. The summed E-state index contributed by atoms with van der Waals surface area (Å²) in [6.07, 6.45) is 5.31. The van der Waals surface area contributed by atoms with Crippen molar-refractivity contribution in [2.75, 3.05) is 18.4 Å². The number of hydrogen-bond acceptors (Lipinski definition) is 5. The first-order valence-electron chi connectivity index (χ1n) is 8.70. The summed E-state index contributed by atoms with van der Waals surface area (Å²) in [4.78, 5) is 25.6. The maximum Gasteiger partial charge on any atom is 0.293 e. The van der Waals surface area contributed by atoms with Gasteiger partial charge in [-0.2, -0.15) is 0 Å². The van der Waals surface area contributed by atoms with Crippen molar-refractivity contribution in [3.63, 3.8) is 0 Å². The van der Waals surface area contributed by atoms with Gasteiger partial charge < -0.3 is 15.5 Å². The summed E-state index contributed by atoms with van der Waals surface area (Å²) in [5.41, 5.74) is 0.902. The molecule has 7 nitrogen and oxygen atoms in total. The molecule has 1 saturated carbocycles. The summed E-state index contributed by atoms with van der Waals surface area (Å²) in [5, 5.41) is 18.1. The van der Waals surface area contributed by atoms with Crippen LogP contribution in [0.1, 0.15) is 42.5 Å². The van der Waals surface area contributed by atoms with Crippen molar-refractivity contribution in [3.8, 4) is 0 Å². The highest BCUT2D eigenvalue weighted by molar-refractivity contribution is 5.95. The Bertz CT molecular complexity index is 674. The molecule has 2 bridgehead atoms. The molecule has 128 valence electrons. The molecule has 0 spiro atoms. The van der Waals surface area contributed by atoms with E-state index in [9.17, 15) is 14.9 Å². The molecule has 1 aromatic rings. The highest BCUT2D eigenvalue weighted by atomic mass is 16.6. The van der Waals surface area contributed by atoms with Crippen molar-refractivity contribution in [1.29, 1.82) is 0 Å². The molecule has 2 N–H and O–H groups in total. The quantitative estimate of drug-likeness (QED) is 0.652. The Hall–Kier alpha value is -2.15. The summed E-state index contributed by atoms with van der Waals surface area (Å²) >= 11 is 0. The fourth-order valence-corrected chi connectivity index (χ4v) is 3.70. The number of rotatable bonds is 4. The maximum absolute atomic E-state index is 12.8. The van der Waals surface area contributed by atoms with E-state index in [4.69, 9.17) is 0 Å². The molecular formula is C17H22N4O3. The van der Waals surface area contributed by atoms with Crippen molar-refractivity contribution in [2.45, 2.75) is 50.2 Å². The molecule has 7 heteroatoms. The van der Waals surface area contributed by atoms with E-state index in [1.165, 1.54) is 12.5 Å². The molecule has 3 aliphatic rings. The van der Waals surface area contributed by atoms with Crippen molar-refractivity contribution >= 4 is 17.3 Å². The van der Waals surface area contributed by atoms with Gasteiger partial charge in [0.25, 0.3) is 11.6 Å². The van der Waals surface area contributed by atoms with Gasteiger partial charge in [-0.25, -0.2) is 0 Å². The monoisotopic (exact) mass is 330 g/mol. The average molecular weight is 330 g/mol. The molecule has 2 aliphatic heterocycles. The average Bonchev–Trinajstić information content (AvgIpc) is 3.29. The van der Waals surface area contributed by atoms with Gasteiger partial charge in [-0.3, -0.25) is 14.9 Å². The van der Waals surface area contributed by atoms with Gasteiger partial charge in [0.2, 0.25) is 0 Å². The molecule has 2 heterocycles. The smallest absolute Gasteiger partial charge is 0.293 e. The van der Waals surface area contributed by atoms with Crippen LogP contribution in [0.4, 0.5) is 11.4 Å². The zero-order chi connectivity index (χ0) is 16.7. The lowest BCUT2D eigenvalue weighted by Crippen LogP contribution is -2.39. The second-order valence-electron chi connectivity index (χ2n) is 7.09. The highest BCUT2D eigenvalue weighted by Crippen LogP contribution is 2.32. The van der Waals surface area contributed by atoms with Crippen LogP contribution in [-0.4, -0.2) is 46.9 Å². The predicted octanol–water partition coefficient (Wildman–Crippen LogP) is 2.14. The standard InChI is InChI=1S/C17H22N4O3/c22-17(20-8-7-13-4-5-14(10-20)18-13)11-1-6-15(19-12-2-3-12)16(9-11)21(23)24/h1,6,9,12-14,18-19H,2-5,7-8,10H2. The molecule has 0 radical (unpaired) electrons. The molecule has 1 aliphatic carbocycles. The van der Waals surface area contributed by atoms with Gasteiger partial charge in [-0.05, 0) is 44.2 Å². The molecule has 4 rings (SSSR count). The predicted molar refractivity (Wildman–Crippen MR) is 90.2 cm³/mol. The number of anilines is 1. The van der Waals surface area contributed by atoms with Gasteiger partial charge in [0.1, 0.15) is 5.69 Å². The lowest BCUT2D eigenvalue weighted by Gasteiger charge is -2.24. The van der Waals surface area contributed by atoms with Gasteiger partial charge >= 0.3 is 0 Å². The van der Waals surface area contributed by atoms with Gasteiger partial charge in [-0.15, -0.1) is 0 Å². The van der Waals surface area contributed by atoms with Crippen molar-refractivity contribution in [1.82, 2.24) is 10.2 Å². The molecular weight excluding hydrogens is 308 g/mol. The van der Waals surface area contributed by atoms with Crippen LogP contribution in [0.15, 0.2) is 18.2 Å². The maximum atomic E-state index is 12.8. The Morgan fingerprint density at radius 3 is 2.75 bits per heavy atom. The number of hydrogen-bond donors (Lipinski definition) is 2. The number of carbonyl (C=O) groups excluding carboxylic acids is 1. The van der Waals surface area contributed by atoms with E-state index >= 15 is 0 Å². The van der Waals surface area contributed by atoms with Gasteiger partial charge in [0, 0.05) is 42.8 Å². The number of amides is 1. The fourth-order valence-electron chi connectivity index (χ4n) is 3.70. The van der Waals surface area contributed by atoms with E-state index in [1.807, 2.05) is 4.90 Å². The molecule has 0 aromatic heterocycles. The van der Waals surface area contributed by atoms with Crippen LogP contribution >= 0.6 is 0 Å². The minimum Gasteiger partial charge on any atom is -0.377 e. The number of carbonyl (C=O) groups is 1. The second-order valence-corrected chi connectivity index (χ2v) is 7.09. The number of nitro benzene ring substituents is 1. The summed E-state index contributed by atoms with van der Waals surface area (Å²) in [6.45, 7) is 1.40. The van der Waals surface area contributed by atoms with Gasteiger partial charge in [0.05, 0.1) is 4.92 Å². The van der Waals surface area contributed by atoms with E-state index in [2.05, 4.69) is 10.6 Å². The third-order valence-corrected chi connectivity index (χ3v) is 5.19. The van der Waals surface area contributed by atoms with Gasteiger partial charge in [-0.1, -0.05) is 0 Å². The number of nitrogens with one attached hydrogen (secondary N) is 2. The third kappa shape index (κ3) is 3.08. The Kier molecular flexibility index (Phi) is 3.88. The Morgan fingerprint density at radius 2 is 2.00 bits per heavy atom. The normalized spacial score (nSPS) is 26.1. The van der Waals surface area contributed by atoms with E-state index in [1.54, 1.807) is 12.1 Å². The first-order chi connectivity index (χ1) is 11.6. The number of likely N-dealkylation sites (tertiary alicyclic amines) is 1. The molecule has 2 unspecified atom stereocenters. The minimum absolute atomic E-state index is 0.0118. The van der Waals surface area contributed by atoms with Crippen LogP contribution in [0.25, 0.3) is 0 Å². The van der Waals surface area contributed by atoms with E-state index in [0.717, 1.165) is 25.7 Å². The van der Waals surface area contributed by atoms with Crippen LogP contribution in [0.5, 0.6) is 0 Å². The largest absolute Gasteiger partial charge is 0.377 e. The lowest BCUT2D eigenvalue weighted by molar-refractivity contribution is -0.384. The van der Waals surface area contributed by atoms with Crippen LogP contribution in [0.3, 0.4) is 0 Å². The SMILES string of the molecule is O=C(c1ccc(NC2CC2)c([N+](=O)[O-])c1)N1CCC2CCC(C1)N2. The number of nitro groups is 1. The Balaban J connectivity index is 1.55. The second kappa shape index (κ2) is 6.05. The highest BCUT2D eigenvalue weighted by Gasteiger charge is 2.32. The van der Waals surface area contributed by atoms with E-state index < -0.39 is 4.92 Å². The molecule has 3 fully saturated rings. The molecule has 2 saturated heterocycles. The summed E-state index contributed by atoms with van der Waals surface area (Å²) in [5.74, 6) is -0.106. The van der Waals surface area contributed by atoms with Crippen LogP contribution in [0, 0.1) is 10.1 Å². The Morgan fingerprint density at radius 1 is 1.21 bits per heavy atom. The molecule has 2 atom stereocenters. The zero-order valence-corrected chi connectivity index (χ0v) is 13.5. The summed E-state index contributed by atoms with van der Waals surface area (Å²) in [6, 6.07) is 5.99. The van der Waals surface area contributed by atoms with E-state index in [-0.39, 0.29) is 11.6 Å². The molecule has 1 aromatic carbocycles. The van der Waals surface area contributed by atoms with Gasteiger partial charge in [0.15, 0.2) is 0 Å². The molecule has 1 amide bonds. The number of fused-ring (bicyclic) bond motifs is 2. The lowest BCUT2D eigenvalue weighted by atomic mass is 10.1. The van der Waals surface area contributed by atoms with Crippen molar-refractivity contribution < 1.29 is 9.72 Å². The van der Waals surface area contributed by atoms with Crippen LogP contribution < -0.4 is 10.6 Å². The summed E-state index contributed by atoms with van der Waals surface area (Å²) in [7, 11) is 0. The van der Waals surface area contributed by atoms with Crippen molar-refractivity contribution in [3.05, 3.63) is 33.9 Å². The zero-order valence-electron chi connectivity index (χ0n) is 13.5. The first kappa shape index (κ1) is 15.4. The summed E-state index contributed by atoms with van der Waals surface area (Å²) < 4.78 is 0. The fraction of sp³-hybridized carbons (Fsp3) is 0.588. The van der Waals surface area contributed by atoms with Crippen LogP contribution in [-0.2, 0) is 0 Å². The third-order valence-electron chi connectivity index (χ3n) is 5.19. The number of nitrogens with zero attached hydrogens (tertiary/aromatic N) is 2.